The fraction of sp³-hybridized carbons (Fsp3) is 0. The molecule has 2 heterocycles. The van der Waals surface area contributed by atoms with Gasteiger partial charge in [-0.2, -0.15) is 0 Å². The van der Waals surface area contributed by atoms with Crippen molar-refractivity contribution in [3.8, 4) is 5.69 Å². The van der Waals surface area contributed by atoms with Crippen LogP contribution in [0.1, 0.15) is 0 Å². The van der Waals surface area contributed by atoms with E-state index < -0.39 is 17.4 Å². The number of benzene rings is 3. The molecule has 0 amide bonds. The molecule has 2 aromatic heterocycles. The summed E-state index contributed by atoms with van der Waals surface area (Å²) < 4.78 is 43.3. The molecule has 0 spiro atoms. The van der Waals surface area contributed by atoms with Gasteiger partial charge in [0, 0.05) is 40.7 Å². The molecule has 5 rings (SSSR count). The first-order chi connectivity index (χ1) is 16.4. The van der Waals surface area contributed by atoms with E-state index in [1.54, 1.807) is 91.3 Å². The number of hydrogen-bond acceptors (Lipinski definition) is 5. The number of imidazole rings is 1. The Morgan fingerprint density at radius 2 is 1.56 bits per heavy atom. The van der Waals surface area contributed by atoms with Crippen LogP contribution in [-0.2, 0) is 14.6 Å². The van der Waals surface area contributed by atoms with Crippen molar-refractivity contribution in [3.63, 3.8) is 0 Å². The van der Waals surface area contributed by atoms with Gasteiger partial charge in [0.1, 0.15) is 4.90 Å². The van der Waals surface area contributed by atoms with Crippen LogP contribution in [0, 0.1) is 0 Å². The number of fused-ring (bicyclic) bond motifs is 1. The van der Waals surface area contributed by atoms with Crippen molar-refractivity contribution in [2.24, 2.45) is 0 Å². The minimum atomic E-state index is -3.93. The highest BCUT2D eigenvalue weighted by atomic mass is 32.2. The lowest BCUT2D eigenvalue weighted by atomic mass is 10.2. The summed E-state index contributed by atoms with van der Waals surface area (Å²) in [7, 11) is -7.82. The van der Waals surface area contributed by atoms with E-state index in [9.17, 15) is 17.9 Å². The van der Waals surface area contributed by atoms with Crippen LogP contribution in [0.4, 0.5) is 5.69 Å². The molecule has 170 valence electrons. The maximum absolute atomic E-state index is 13.2. The van der Waals surface area contributed by atoms with Gasteiger partial charge in [-0.05, 0) is 48.5 Å². The minimum Gasteiger partial charge on any atom is -0.336 e. The Balaban J connectivity index is 1.45. The molecule has 10 heteroatoms. The molecule has 0 radical (unpaired) electrons. The maximum atomic E-state index is 13.2. The number of nitrogens with zero attached hydrogens (tertiary/aromatic N) is 3. The van der Waals surface area contributed by atoms with E-state index in [0.717, 1.165) is 5.39 Å². The molecule has 0 saturated heterocycles. The van der Waals surface area contributed by atoms with Crippen molar-refractivity contribution < 1.29 is 17.9 Å². The predicted molar refractivity (Wildman–Crippen MR) is 132 cm³/mol. The van der Waals surface area contributed by atoms with Crippen LogP contribution in [0.25, 0.3) is 16.6 Å². The Labute approximate surface area is 196 Å². The summed E-state index contributed by atoms with van der Waals surface area (Å²) >= 11 is 0. The average Bonchev–Trinajstić information content (AvgIpc) is 3.35. The van der Waals surface area contributed by atoms with E-state index in [2.05, 4.69) is 14.7 Å². The van der Waals surface area contributed by atoms with E-state index in [4.69, 9.17) is 0 Å². The lowest BCUT2D eigenvalue weighted by molar-refractivity contribution is 0.498. The van der Waals surface area contributed by atoms with Crippen molar-refractivity contribution in [1.82, 2.24) is 14.5 Å². The average molecular weight is 490 g/mol. The molecule has 0 saturated carbocycles. The van der Waals surface area contributed by atoms with Crippen LogP contribution < -0.4 is 15.6 Å². The molecule has 5 aromatic rings. The molecular formula is C24H19N4O4PS. The van der Waals surface area contributed by atoms with Gasteiger partial charge >= 0.3 is 0 Å². The number of nitrogens with one attached hydrogen (secondary N) is 1. The van der Waals surface area contributed by atoms with Crippen LogP contribution >= 0.6 is 7.37 Å². The smallest absolute Gasteiger partial charge is 0.293 e. The highest BCUT2D eigenvalue weighted by molar-refractivity contribution is 7.93. The second kappa shape index (κ2) is 8.53. The molecule has 0 fully saturated rings. The van der Waals surface area contributed by atoms with E-state index in [0.29, 0.717) is 16.9 Å². The molecule has 1 atom stereocenters. The molecular weight excluding hydrogens is 471 g/mol. The summed E-state index contributed by atoms with van der Waals surface area (Å²) in [5.74, 6) is 0. The molecule has 0 aliphatic carbocycles. The first kappa shape index (κ1) is 22.0. The second-order valence-corrected chi connectivity index (χ2v) is 11.2. The van der Waals surface area contributed by atoms with Gasteiger partial charge in [-0.15, -0.1) is 0 Å². The standard InChI is InChI=1S/C24H19N4O4PS/c29-33(30,21-8-2-1-3-9-21)24-26-16-17-28(24)20-13-11-19(12-14-20)27-34(31,32)22-10-4-6-18-7-5-15-25-23(18)22/h1-17,27H,(H,29,30). The van der Waals surface area contributed by atoms with Gasteiger partial charge < -0.3 is 4.89 Å². The van der Waals surface area contributed by atoms with Crippen LogP contribution in [0.5, 0.6) is 0 Å². The third-order valence-electron chi connectivity index (χ3n) is 5.28. The van der Waals surface area contributed by atoms with E-state index in [-0.39, 0.29) is 15.8 Å². The number of para-hydroxylation sites is 1. The van der Waals surface area contributed by atoms with Crippen LogP contribution in [0.2, 0.25) is 0 Å². The first-order valence-electron chi connectivity index (χ1n) is 10.3. The Kier molecular flexibility index (Phi) is 5.53. The van der Waals surface area contributed by atoms with Gasteiger partial charge in [0.25, 0.3) is 17.4 Å². The zero-order valence-corrected chi connectivity index (χ0v) is 19.4. The highest BCUT2D eigenvalue weighted by Gasteiger charge is 2.29. The van der Waals surface area contributed by atoms with Gasteiger partial charge in [-0.25, -0.2) is 13.4 Å². The first-order valence-corrected chi connectivity index (χ1v) is 13.4. The fourth-order valence-electron chi connectivity index (χ4n) is 3.66. The maximum Gasteiger partial charge on any atom is 0.293 e. The summed E-state index contributed by atoms with van der Waals surface area (Å²) in [4.78, 5) is 19.2. The zero-order valence-electron chi connectivity index (χ0n) is 17.7. The molecule has 2 N–H and O–H groups in total. The van der Waals surface area contributed by atoms with Crippen molar-refractivity contribution in [1.29, 1.82) is 0 Å². The number of anilines is 1. The molecule has 0 bridgehead atoms. The third-order valence-corrected chi connectivity index (χ3v) is 8.57. The second-order valence-electron chi connectivity index (χ2n) is 7.49. The molecule has 34 heavy (non-hydrogen) atoms. The number of aromatic nitrogens is 3. The number of hydrogen-bond donors (Lipinski definition) is 2. The van der Waals surface area contributed by atoms with Crippen LogP contribution in [0.3, 0.4) is 0 Å². The Hall–Kier alpha value is -3.78. The monoisotopic (exact) mass is 490 g/mol. The molecule has 0 aliphatic rings. The Bertz CT molecular complexity index is 1630. The summed E-state index contributed by atoms with van der Waals surface area (Å²) in [6, 6.07) is 23.3. The summed E-state index contributed by atoms with van der Waals surface area (Å²) in [5, 5.41) is 0.996. The molecule has 1 unspecified atom stereocenters. The predicted octanol–water partition coefficient (Wildman–Crippen LogP) is 3.44. The third kappa shape index (κ3) is 4.01. The van der Waals surface area contributed by atoms with E-state index in [1.807, 2.05) is 0 Å². The Morgan fingerprint density at radius 1 is 0.824 bits per heavy atom. The van der Waals surface area contributed by atoms with E-state index >= 15 is 0 Å². The zero-order chi connectivity index (χ0) is 23.8. The highest BCUT2D eigenvalue weighted by Crippen LogP contribution is 2.38. The molecule has 0 aliphatic heterocycles. The quantitative estimate of drug-likeness (QED) is 0.353. The normalized spacial score (nSPS) is 13.4. The van der Waals surface area contributed by atoms with Crippen molar-refractivity contribution >= 4 is 44.9 Å². The number of rotatable bonds is 6. The minimum absolute atomic E-state index is 0.00820. The number of pyridine rings is 1. The van der Waals surface area contributed by atoms with Gasteiger partial charge in [0.05, 0.1) is 5.52 Å². The van der Waals surface area contributed by atoms with Gasteiger partial charge in [-0.1, -0.05) is 36.4 Å². The lowest BCUT2D eigenvalue weighted by Crippen LogP contribution is -2.24. The summed E-state index contributed by atoms with van der Waals surface area (Å²) in [6.07, 6.45) is 4.58. The number of sulfonamides is 1. The van der Waals surface area contributed by atoms with Gasteiger partial charge in [0.2, 0.25) is 5.57 Å². The van der Waals surface area contributed by atoms with Crippen LogP contribution in [0.15, 0.2) is 108 Å². The molecule has 3 aromatic carbocycles. The van der Waals surface area contributed by atoms with Crippen LogP contribution in [-0.4, -0.2) is 27.8 Å². The Morgan fingerprint density at radius 3 is 2.32 bits per heavy atom. The summed E-state index contributed by atoms with van der Waals surface area (Å²) in [6.45, 7) is 0. The van der Waals surface area contributed by atoms with Gasteiger partial charge in [-0.3, -0.25) is 18.8 Å². The van der Waals surface area contributed by atoms with Gasteiger partial charge in [0.15, 0.2) is 0 Å². The summed E-state index contributed by atoms with van der Waals surface area (Å²) in [5.41, 5.74) is 1.30. The van der Waals surface area contributed by atoms with Crippen molar-refractivity contribution in [3.05, 3.63) is 104 Å². The SMILES string of the molecule is O=P(O)(c1ccccc1)c1nccn1-c1ccc(NS(=O)(=O)c2cccc3cccnc23)cc1. The largest absolute Gasteiger partial charge is 0.336 e. The van der Waals surface area contributed by atoms with Crippen molar-refractivity contribution in [2.75, 3.05) is 4.72 Å². The molecule has 8 nitrogen and oxygen atoms in total. The van der Waals surface area contributed by atoms with Crippen molar-refractivity contribution in [2.45, 2.75) is 4.90 Å². The fourth-order valence-corrected chi connectivity index (χ4v) is 6.40. The topological polar surface area (TPSA) is 114 Å². The lowest BCUT2D eigenvalue weighted by Gasteiger charge is -2.15. The van der Waals surface area contributed by atoms with E-state index in [1.165, 1.54) is 16.8 Å².